The number of ether oxygens (including phenoxy) is 1. The average molecular weight is 205 g/mol. The molecule has 1 aliphatic rings. The fourth-order valence-corrected chi connectivity index (χ4v) is 2.06. The van der Waals surface area contributed by atoms with Crippen LogP contribution < -0.4 is 4.72 Å². The lowest BCUT2D eigenvalue weighted by atomic mass is 9.91. The first kappa shape index (κ1) is 10.3. The van der Waals surface area contributed by atoms with Crippen molar-refractivity contribution < 1.29 is 19.4 Å². The van der Waals surface area contributed by atoms with Gasteiger partial charge in [0.05, 0.1) is 6.61 Å². The van der Waals surface area contributed by atoms with E-state index < -0.39 is 17.4 Å². The minimum absolute atomic E-state index is 0.131. The summed E-state index contributed by atoms with van der Waals surface area (Å²) in [4.78, 5) is 22.2. The molecule has 74 valence electrons. The minimum atomic E-state index is -1.39. The summed E-state index contributed by atoms with van der Waals surface area (Å²) in [5.74, 6) is -1.55. The quantitative estimate of drug-likeness (QED) is 0.380. The Morgan fingerprint density at radius 2 is 2.38 bits per heavy atom. The number of hydrogen-bond donors (Lipinski definition) is 2. The van der Waals surface area contributed by atoms with Crippen LogP contribution in [-0.4, -0.2) is 35.9 Å². The SMILES string of the molecule is CCOC(=O)[C@@]1(C(=O)O)CNSC1. The Bertz CT molecular complexity index is 225. The maximum absolute atomic E-state index is 11.4. The summed E-state index contributed by atoms with van der Waals surface area (Å²) >= 11 is 1.23. The highest BCUT2D eigenvalue weighted by Gasteiger charge is 2.50. The van der Waals surface area contributed by atoms with Crippen LogP contribution in [0.5, 0.6) is 0 Å². The van der Waals surface area contributed by atoms with E-state index in [0.717, 1.165) is 0 Å². The second-order valence-electron chi connectivity index (χ2n) is 2.72. The highest BCUT2D eigenvalue weighted by atomic mass is 32.2. The third kappa shape index (κ3) is 1.78. The maximum atomic E-state index is 11.4. The first-order chi connectivity index (χ1) is 6.13. The lowest BCUT2D eigenvalue weighted by molar-refractivity contribution is -0.165. The van der Waals surface area contributed by atoms with E-state index in [1.165, 1.54) is 11.9 Å². The molecule has 0 saturated carbocycles. The number of carbonyl (C=O) groups is 2. The zero-order valence-corrected chi connectivity index (χ0v) is 8.02. The predicted molar refractivity (Wildman–Crippen MR) is 47.2 cm³/mol. The third-order valence-corrected chi connectivity index (χ3v) is 2.86. The molecule has 0 bridgehead atoms. The average Bonchev–Trinajstić information content (AvgIpc) is 2.53. The van der Waals surface area contributed by atoms with E-state index in [0.29, 0.717) is 0 Å². The van der Waals surface area contributed by atoms with E-state index in [1.807, 2.05) is 0 Å². The van der Waals surface area contributed by atoms with Gasteiger partial charge in [0.15, 0.2) is 5.41 Å². The van der Waals surface area contributed by atoms with E-state index in [1.54, 1.807) is 6.92 Å². The molecule has 1 atom stereocenters. The van der Waals surface area contributed by atoms with E-state index in [9.17, 15) is 9.59 Å². The largest absolute Gasteiger partial charge is 0.480 e. The van der Waals surface area contributed by atoms with Crippen LogP contribution in [0, 0.1) is 5.41 Å². The molecule has 1 rings (SSSR count). The van der Waals surface area contributed by atoms with Crippen molar-refractivity contribution in [2.45, 2.75) is 6.92 Å². The number of esters is 1. The van der Waals surface area contributed by atoms with Crippen molar-refractivity contribution in [1.82, 2.24) is 4.72 Å². The molecule has 0 aromatic carbocycles. The molecule has 0 aliphatic carbocycles. The normalized spacial score (nSPS) is 27.2. The fraction of sp³-hybridized carbons (Fsp3) is 0.714. The van der Waals surface area contributed by atoms with E-state index in [-0.39, 0.29) is 18.9 Å². The van der Waals surface area contributed by atoms with Gasteiger partial charge < -0.3 is 9.84 Å². The van der Waals surface area contributed by atoms with Crippen molar-refractivity contribution in [1.29, 1.82) is 0 Å². The van der Waals surface area contributed by atoms with Gasteiger partial charge in [-0.2, -0.15) is 0 Å². The molecule has 1 aliphatic heterocycles. The number of nitrogens with one attached hydrogen (secondary N) is 1. The van der Waals surface area contributed by atoms with Gasteiger partial charge in [-0.05, 0) is 6.92 Å². The van der Waals surface area contributed by atoms with Gasteiger partial charge in [0.1, 0.15) is 0 Å². The molecule has 1 saturated heterocycles. The molecule has 0 amide bonds. The Balaban J connectivity index is 2.78. The molecule has 0 spiro atoms. The lowest BCUT2D eigenvalue weighted by Gasteiger charge is -2.19. The van der Waals surface area contributed by atoms with Crippen LogP contribution in [0.3, 0.4) is 0 Å². The van der Waals surface area contributed by atoms with Crippen molar-refractivity contribution in [2.24, 2.45) is 5.41 Å². The first-order valence-corrected chi connectivity index (χ1v) is 4.87. The molecule has 1 heterocycles. The van der Waals surface area contributed by atoms with Crippen molar-refractivity contribution >= 4 is 23.9 Å². The van der Waals surface area contributed by atoms with Crippen LogP contribution in [0.25, 0.3) is 0 Å². The highest BCUT2D eigenvalue weighted by Crippen LogP contribution is 2.29. The molecule has 0 aromatic rings. The van der Waals surface area contributed by atoms with E-state index in [4.69, 9.17) is 9.84 Å². The van der Waals surface area contributed by atoms with Gasteiger partial charge in [-0.15, -0.1) is 0 Å². The second kappa shape index (κ2) is 3.97. The van der Waals surface area contributed by atoms with Crippen LogP contribution in [-0.2, 0) is 14.3 Å². The van der Waals surface area contributed by atoms with Gasteiger partial charge in [0, 0.05) is 12.3 Å². The summed E-state index contributed by atoms with van der Waals surface area (Å²) in [7, 11) is 0. The van der Waals surface area contributed by atoms with Crippen molar-refractivity contribution in [3.8, 4) is 0 Å². The molecule has 0 aromatic heterocycles. The number of carboxylic acids is 1. The number of carboxylic acid groups (broad SMARTS) is 1. The Morgan fingerprint density at radius 1 is 1.69 bits per heavy atom. The Labute approximate surface area is 80.0 Å². The Kier molecular flexibility index (Phi) is 3.16. The minimum Gasteiger partial charge on any atom is -0.480 e. The van der Waals surface area contributed by atoms with Gasteiger partial charge >= 0.3 is 11.9 Å². The fourth-order valence-electron chi connectivity index (χ4n) is 1.02. The molecule has 2 N–H and O–H groups in total. The Hall–Kier alpha value is -0.750. The van der Waals surface area contributed by atoms with Crippen LogP contribution in [0.15, 0.2) is 0 Å². The van der Waals surface area contributed by atoms with Crippen LogP contribution in [0.1, 0.15) is 6.92 Å². The molecule has 0 unspecified atom stereocenters. The topological polar surface area (TPSA) is 75.6 Å². The molecule has 5 nitrogen and oxygen atoms in total. The monoisotopic (exact) mass is 205 g/mol. The van der Waals surface area contributed by atoms with E-state index >= 15 is 0 Å². The zero-order chi connectivity index (χ0) is 9.90. The van der Waals surface area contributed by atoms with Crippen LogP contribution in [0.4, 0.5) is 0 Å². The molecular weight excluding hydrogens is 194 g/mol. The molecule has 0 radical (unpaired) electrons. The molecule has 1 fully saturated rings. The molecule has 13 heavy (non-hydrogen) atoms. The van der Waals surface area contributed by atoms with Crippen molar-refractivity contribution in [2.75, 3.05) is 18.9 Å². The standard InChI is InChI=1S/C7H11NO4S/c1-2-12-6(11)7(5(9)10)3-8-13-4-7/h8H,2-4H2,1H3,(H,9,10)/t7-/m0/s1. The summed E-state index contributed by atoms with van der Waals surface area (Å²) in [5.41, 5.74) is -1.39. The molecule has 6 heteroatoms. The number of hydrogen-bond acceptors (Lipinski definition) is 5. The van der Waals surface area contributed by atoms with Crippen LogP contribution >= 0.6 is 11.9 Å². The summed E-state index contributed by atoms with van der Waals surface area (Å²) in [6.45, 7) is 1.99. The van der Waals surface area contributed by atoms with Crippen molar-refractivity contribution in [3.63, 3.8) is 0 Å². The summed E-state index contributed by atoms with van der Waals surface area (Å²) in [6, 6.07) is 0. The highest BCUT2D eigenvalue weighted by molar-refractivity contribution is 7.97. The van der Waals surface area contributed by atoms with E-state index in [2.05, 4.69) is 4.72 Å². The number of rotatable bonds is 3. The smallest absolute Gasteiger partial charge is 0.325 e. The van der Waals surface area contributed by atoms with Crippen molar-refractivity contribution in [3.05, 3.63) is 0 Å². The van der Waals surface area contributed by atoms with Gasteiger partial charge in [-0.25, -0.2) is 0 Å². The summed E-state index contributed by atoms with van der Waals surface area (Å²) < 4.78 is 7.49. The summed E-state index contributed by atoms with van der Waals surface area (Å²) in [6.07, 6.45) is 0. The van der Waals surface area contributed by atoms with Gasteiger partial charge in [-0.3, -0.25) is 14.3 Å². The summed E-state index contributed by atoms with van der Waals surface area (Å²) in [5, 5.41) is 8.91. The van der Waals surface area contributed by atoms with Gasteiger partial charge in [-0.1, -0.05) is 11.9 Å². The maximum Gasteiger partial charge on any atom is 0.325 e. The number of carbonyl (C=O) groups excluding carboxylic acids is 1. The first-order valence-electron chi connectivity index (χ1n) is 3.89. The molecular formula is C7H11NO4S. The Morgan fingerprint density at radius 3 is 2.77 bits per heavy atom. The zero-order valence-electron chi connectivity index (χ0n) is 7.20. The second-order valence-corrected chi connectivity index (χ2v) is 3.58. The van der Waals surface area contributed by atoms with Gasteiger partial charge in [0.25, 0.3) is 0 Å². The van der Waals surface area contributed by atoms with Gasteiger partial charge in [0.2, 0.25) is 0 Å². The predicted octanol–water partition coefficient (Wildman–Crippen LogP) is -0.128. The third-order valence-electron chi connectivity index (χ3n) is 1.87. The lowest BCUT2D eigenvalue weighted by Crippen LogP contribution is -2.44. The van der Waals surface area contributed by atoms with Crippen LogP contribution in [0.2, 0.25) is 0 Å². The number of aliphatic carboxylic acids is 1.